The van der Waals surface area contributed by atoms with Gasteiger partial charge in [-0.05, 0) is 26.3 Å². The zero-order valence-electron chi connectivity index (χ0n) is 11.3. The molecule has 5 nitrogen and oxygen atoms in total. The fraction of sp³-hybridized carbons (Fsp3) is 0.583. The van der Waals surface area contributed by atoms with Gasteiger partial charge in [-0.25, -0.2) is 13.1 Å². The minimum atomic E-state index is -3.21. The van der Waals surface area contributed by atoms with Gasteiger partial charge in [-0.3, -0.25) is 4.79 Å². The van der Waals surface area contributed by atoms with Gasteiger partial charge in [0.05, 0.1) is 11.8 Å². The number of amides is 1. The third kappa shape index (κ3) is 3.55. The van der Waals surface area contributed by atoms with Crippen molar-refractivity contribution in [2.45, 2.75) is 26.3 Å². The zero-order chi connectivity index (χ0) is 14.2. The Morgan fingerprint density at radius 2 is 2.16 bits per heavy atom. The molecule has 1 atom stereocenters. The molecule has 1 N–H and O–H groups in total. The van der Waals surface area contributed by atoms with Crippen LogP contribution in [0.4, 0.5) is 0 Å². The minimum Gasteiger partial charge on any atom is -0.337 e. The van der Waals surface area contributed by atoms with Crippen molar-refractivity contribution in [1.29, 1.82) is 0 Å². The Kier molecular flexibility index (Phi) is 3.98. The molecular formula is C12H18N2O3S2. The molecule has 0 aliphatic carbocycles. The number of carbonyl (C=O) groups excluding carboxylic acids is 1. The highest BCUT2D eigenvalue weighted by atomic mass is 32.2. The quantitative estimate of drug-likeness (QED) is 0.910. The summed E-state index contributed by atoms with van der Waals surface area (Å²) in [6, 6.07) is 1.73. The molecule has 2 heterocycles. The molecular weight excluding hydrogens is 284 g/mol. The maximum atomic E-state index is 12.3. The molecule has 0 bridgehead atoms. The molecule has 0 radical (unpaired) electrons. The van der Waals surface area contributed by atoms with Crippen molar-refractivity contribution in [1.82, 2.24) is 9.62 Å². The third-order valence-electron chi connectivity index (χ3n) is 3.13. The lowest BCUT2D eigenvalue weighted by Gasteiger charge is -2.16. The van der Waals surface area contributed by atoms with Gasteiger partial charge in [-0.15, -0.1) is 11.3 Å². The topological polar surface area (TPSA) is 66.5 Å². The second-order valence-electron chi connectivity index (χ2n) is 4.95. The van der Waals surface area contributed by atoms with Crippen LogP contribution in [-0.4, -0.2) is 44.6 Å². The number of rotatable bonds is 3. The molecule has 7 heteroatoms. The van der Waals surface area contributed by atoms with Gasteiger partial charge >= 0.3 is 0 Å². The Balaban J connectivity index is 2.05. The summed E-state index contributed by atoms with van der Waals surface area (Å²) >= 11 is 1.61. The van der Waals surface area contributed by atoms with Gasteiger partial charge in [0.1, 0.15) is 0 Å². The molecule has 1 aromatic rings. The fourth-order valence-electron chi connectivity index (χ4n) is 2.36. The first kappa shape index (κ1) is 14.5. The van der Waals surface area contributed by atoms with Crippen LogP contribution in [0.25, 0.3) is 0 Å². The second-order valence-corrected chi connectivity index (χ2v) is 8.19. The van der Waals surface area contributed by atoms with Crippen molar-refractivity contribution in [3.63, 3.8) is 0 Å². The van der Waals surface area contributed by atoms with Crippen molar-refractivity contribution in [3.05, 3.63) is 21.4 Å². The predicted octanol–water partition coefficient (Wildman–Crippen LogP) is 1.13. The monoisotopic (exact) mass is 302 g/mol. The summed E-state index contributed by atoms with van der Waals surface area (Å²) in [6.07, 6.45) is 1.81. The van der Waals surface area contributed by atoms with E-state index in [-0.39, 0.29) is 11.9 Å². The Bertz CT molecular complexity index is 592. The van der Waals surface area contributed by atoms with Crippen LogP contribution in [-0.2, 0) is 10.0 Å². The van der Waals surface area contributed by atoms with E-state index in [1.165, 1.54) is 0 Å². The van der Waals surface area contributed by atoms with E-state index < -0.39 is 10.0 Å². The molecule has 0 spiro atoms. The highest BCUT2D eigenvalue weighted by Gasteiger charge is 2.29. The molecule has 1 unspecified atom stereocenters. The van der Waals surface area contributed by atoms with Gasteiger partial charge in [-0.1, -0.05) is 0 Å². The van der Waals surface area contributed by atoms with Crippen molar-refractivity contribution in [2.75, 3.05) is 19.3 Å². The highest BCUT2D eigenvalue weighted by molar-refractivity contribution is 7.88. The lowest BCUT2D eigenvalue weighted by Crippen LogP contribution is -2.37. The van der Waals surface area contributed by atoms with E-state index in [0.29, 0.717) is 19.5 Å². The first-order valence-corrected chi connectivity index (χ1v) is 8.80. The van der Waals surface area contributed by atoms with Gasteiger partial charge in [0.2, 0.25) is 10.0 Å². The Morgan fingerprint density at radius 1 is 1.47 bits per heavy atom. The maximum Gasteiger partial charge on any atom is 0.255 e. The van der Waals surface area contributed by atoms with Crippen LogP contribution in [0.2, 0.25) is 0 Å². The minimum absolute atomic E-state index is 0.000323. The molecule has 1 aliphatic heterocycles. The lowest BCUT2D eigenvalue weighted by atomic mass is 10.2. The van der Waals surface area contributed by atoms with Gasteiger partial charge in [0.25, 0.3) is 5.91 Å². The van der Waals surface area contributed by atoms with Crippen LogP contribution in [0, 0.1) is 13.8 Å². The van der Waals surface area contributed by atoms with Crippen LogP contribution in [0.5, 0.6) is 0 Å². The number of sulfonamides is 1. The molecule has 0 saturated carbocycles. The number of hydrogen-bond donors (Lipinski definition) is 1. The molecule has 1 aromatic heterocycles. The Morgan fingerprint density at radius 3 is 2.68 bits per heavy atom. The number of nitrogens with one attached hydrogen (secondary N) is 1. The van der Waals surface area contributed by atoms with E-state index in [1.54, 1.807) is 16.2 Å². The van der Waals surface area contributed by atoms with Crippen LogP contribution in [0.15, 0.2) is 6.07 Å². The number of aryl methyl sites for hydroxylation is 2. The van der Waals surface area contributed by atoms with E-state index in [1.807, 2.05) is 19.9 Å². The smallest absolute Gasteiger partial charge is 0.255 e. The second kappa shape index (κ2) is 5.22. The zero-order valence-corrected chi connectivity index (χ0v) is 12.9. The summed E-state index contributed by atoms with van der Waals surface area (Å²) in [4.78, 5) is 16.2. The first-order chi connectivity index (χ1) is 8.76. The number of hydrogen-bond acceptors (Lipinski definition) is 4. The van der Waals surface area contributed by atoms with Crippen molar-refractivity contribution < 1.29 is 13.2 Å². The molecule has 1 saturated heterocycles. The molecule has 0 aromatic carbocycles. The predicted molar refractivity (Wildman–Crippen MR) is 76.1 cm³/mol. The number of thiophene rings is 1. The van der Waals surface area contributed by atoms with Crippen LogP contribution >= 0.6 is 11.3 Å². The Labute approximate surface area is 117 Å². The largest absolute Gasteiger partial charge is 0.337 e. The highest BCUT2D eigenvalue weighted by Crippen LogP contribution is 2.23. The average molecular weight is 302 g/mol. The summed E-state index contributed by atoms with van der Waals surface area (Å²) in [5.41, 5.74) is 0.738. The summed E-state index contributed by atoms with van der Waals surface area (Å²) in [6.45, 7) is 4.96. The van der Waals surface area contributed by atoms with Crippen LogP contribution in [0.3, 0.4) is 0 Å². The van der Waals surface area contributed by atoms with Crippen LogP contribution < -0.4 is 4.72 Å². The molecule has 106 valence electrons. The summed E-state index contributed by atoms with van der Waals surface area (Å²) in [7, 11) is -3.21. The number of nitrogens with zero attached hydrogens (tertiary/aromatic N) is 1. The van der Waals surface area contributed by atoms with Gasteiger partial charge in [-0.2, -0.15) is 0 Å². The first-order valence-electron chi connectivity index (χ1n) is 6.10. The average Bonchev–Trinajstić information content (AvgIpc) is 2.82. The van der Waals surface area contributed by atoms with Gasteiger partial charge < -0.3 is 4.90 Å². The molecule has 2 rings (SSSR count). The number of likely N-dealkylation sites (tertiary alicyclic amines) is 1. The SMILES string of the molecule is Cc1cc(C(=O)N2CCC(NS(C)(=O)=O)C2)c(C)s1. The lowest BCUT2D eigenvalue weighted by molar-refractivity contribution is 0.0790. The normalized spacial score (nSPS) is 19.9. The van der Waals surface area contributed by atoms with E-state index in [9.17, 15) is 13.2 Å². The number of carbonyl (C=O) groups is 1. The standard InChI is InChI=1S/C12H18N2O3S2/c1-8-6-11(9(2)18-8)12(15)14-5-4-10(7-14)13-19(3,16)17/h6,10,13H,4-5,7H2,1-3H3. The van der Waals surface area contributed by atoms with E-state index >= 15 is 0 Å². The van der Waals surface area contributed by atoms with E-state index in [2.05, 4.69) is 4.72 Å². The summed E-state index contributed by atoms with van der Waals surface area (Å²) in [5.74, 6) is -0.000323. The summed E-state index contributed by atoms with van der Waals surface area (Å²) in [5, 5.41) is 0. The summed E-state index contributed by atoms with van der Waals surface area (Å²) < 4.78 is 24.9. The van der Waals surface area contributed by atoms with Crippen molar-refractivity contribution in [3.8, 4) is 0 Å². The Hall–Kier alpha value is -0.920. The van der Waals surface area contributed by atoms with Crippen LogP contribution in [0.1, 0.15) is 26.5 Å². The molecule has 1 fully saturated rings. The van der Waals surface area contributed by atoms with E-state index in [0.717, 1.165) is 21.6 Å². The molecule has 1 aliphatic rings. The maximum absolute atomic E-state index is 12.3. The van der Waals surface area contributed by atoms with Crippen molar-refractivity contribution in [2.24, 2.45) is 0 Å². The van der Waals surface area contributed by atoms with Gasteiger partial charge in [0, 0.05) is 28.9 Å². The molecule has 1 amide bonds. The molecule has 19 heavy (non-hydrogen) atoms. The van der Waals surface area contributed by atoms with Gasteiger partial charge in [0.15, 0.2) is 0 Å². The van der Waals surface area contributed by atoms with E-state index in [4.69, 9.17) is 0 Å². The fourth-order valence-corrected chi connectivity index (χ4v) is 4.07. The van der Waals surface area contributed by atoms with Crippen molar-refractivity contribution >= 4 is 27.3 Å². The third-order valence-corrected chi connectivity index (χ3v) is 4.86.